The Bertz CT molecular complexity index is 239. The van der Waals surface area contributed by atoms with Gasteiger partial charge in [-0.3, -0.25) is 0 Å². The summed E-state index contributed by atoms with van der Waals surface area (Å²) in [5.41, 5.74) is 4.20. The standard InChI is InChI=1S/C8H10FNO/c9-8(4-6(10)5-8)7-2-1-3-11-7/h1-3,6H,4-5,10H2. The molecule has 0 atom stereocenters. The van der Waals surface area contributed by atoms with Crippen LogP contribution in [0.1, 0.15) is 18.6 Å². The Morgan fingerprint density at radius 2 is 2.36 bits per heavy atom. The minimum atomic E-state index is -1.27. The van der Waals surface area contributed by atoms with Gasteiger partial charge in [-0.25, -0.2) is 4.39 Å². The Kier molecular flexibility index (Phi) is 1.29. The van der Waals surface area contributed by atoms with E-state index in [0.717, 1.165) is 0 Å². The molecule has 2 rings (SSSR count). The Labute approximate surface area is 64.2 Å². The summed E-state index contributed by atoms with van der Waals surface area (Å²) in [5.74, 6) is 0.416. The molecule has 0 radical (unpaired) electrons. The Balaban J connectivity index is 2.18. The van der Waals surface area contributed by atoms with Gasteiger partial charge in [0.05, 0.1) is 6.26 Å². The average molecular weight is 155 g/mol. The van der Waals surface area contributed by atoms with E-state index in [-0.39, 0.29) is 6.04 Å². The van der Waals surface area contributed by atoms with E-state index >= 15 is 0 Å². The fourth-order valence-electron chi connectivity index (χ4n) is 1.51. The molecule has 11 heavy (non-hydrogen) atoms. The molecule has 1 aliphatic rings. The first-order valence-corrected chi connectivity index (χ1v) is 3.69. The number of alkyl halides is 1. The molecule has 0 amide bonds. The smallest absolute Gasteiger partial charge is 0.171 e. The molecule has 60 valence electrons. The summed E-state index contributed by atoms with van der Waals surface area (Å²) in [6.45, 7) is 0. The second-order valence-electron chi connectivity index (χ2n) is 3.11. The van der Waals surface area contributed by atoms with E-state index < -0.39 is 5.67 Å². The molecule has 2 nitrogen and oxygen atoms in total. The lowest BCUT2D eigenvalue weighted by Gasteiger charge is -2.37. The third-order valence-electron chi connectivity index (χ3n) is 2.13. The Morgan fingerprint density at radius 1 is 1.64 bits per heavy atom. The van der Waals surface area contributed by atoms with Gasteiger partial charge in [0.15, 0.2) is 5.67 Å². The van der Waals surface area contributed by atoms with Crippen LogP contribution in [0.15, 0.2) is 22.8 Å². The molecule has 3 heteroatoms. The maximum Gasteiger partial charge on any atom is 0.171 e. The van der Waals surface area contributed by atoms with Crippen LogP contribution in [0, 0.1) is 0 Å². The van der Waals surface area contributed by atoms with E-state index in [1.165, 1.54) is 6.26 Å². The molecule has 0 unspecified atom stereocenters. The van der Waals surface area contributed by atoms with Crippen molar-refractivity contribution in [3.63, 3.8) is 0 Å². The molecule has 1 aliphatic carbocycles. The highest BCUT2D eigenvalue weighted by atomic mass is 19.1. The Hall–Kier alpha value is -0.830. The first-order chi connectivity index (χ1) is 5.21. The Morgan fingerprint density at radius 3 is 2.82 bits per heavy atom. The first kappa shape index (κ1) is 6.85. The minimum Gasteiger partial charge on any atom is -0.466 e. The fourth-order valence-corrected chi connectivity index (χ4v) is 1.51. The van der Waals surface area contributed by atoms with Gasteiger partial charge >= 0.3 is 0 Å². The van der Waals surface area contributed by atoms with E-state index in [0.29, 0.717) is 18.6 Å². The summed E-state index contributed by atoms with van der Waals surface area (Å²) < 4.78 is 18.5. The predicted octanol–water partition coefficient (Wildman–Crippen LogP) is 1.57. The number of halogens is 1. The van der Waals surface area contributed by atoms with Crippen molar-refractivity contribution in [3.05, 3.63) is 24.2 Å². The lowest BCUT2D eigenvalue weighted by molar-refractivity contribution is 0.0181. The zero-order valence-electron chi connectivity index (χ0n) is 6.09. The largest absolute Gasteiger partial charge is 0.466 e. The van der Waals surface area contributed by atoms with Crippen molar-refractivity contribution in [2.75, 3.05) is 0 Å². The number of furan rings is 1. The van der Waals surface area contributed by atoms with Crippen molar-refractivity contribution < 1.29 is 8.81 Å². The van der Waals surface area contributed by atoms with E-state index in [4.69, 9.17) is 10.2 Å². The van der Waals surface area contributed by atoms with Crippen molar-refractivity contribution in [2.24, 2.45) is 5.73 Å². The number of nitrogens with two attached hydrogens (primary N) is 1. The molecule has 1 fully saturated rings. The lowest BCUT2D eigenvalue weighted by Crippen LogP contribution is -2.45. The average Bonchev–Trinajstić information content (AvgIpc) is 2.34. The van der Waals surface area contributed by atoms with E-state index in [1.54, 1.807) is 12.1 Å². The van der Waals surface area contributed by atoms with Gasteiger partial charge in [-0.1, -0.05) is 0 Å². The van der Waals surface area contributed by atoms with E-state index in [2.05, 4.69) is 0 Å². The van der Waals surface area contributed by atoms with Crippen LogP contribution in [0.4, 0.5) is 4.39 Å². The SMILES string of the molecule is NC1CC(F)(c2ccco2)C1. The van der Waals surface area contributed by atoms with Crippen molar-refractivity contribution in [3.8, 4) is 0 Å². The van der Waals surface area contributed by atoms with Gasteiger partial charge in [0, 0.05) is 18.9 Å². The van der Waals surface area contributed by atoms with Crippen LogP contribution in [-0.2, 0) is 5.67 Å². The van der Waals surface area contributed by atoms with Gasteiger partial charge in [-0.05, 0) is 12.1 Å². The zero-order valence-corrected chi connectivity index (χ0v) is 6.09. The molecule has 1 aromatic rings. The summed E-state index contributed by atoms with van der Waals surface area (Å²) in [7, 11) is 0. The summed E-state index contributed by atoms with van der Waals surface area (Å²) in [4.78, 5) is 0. The third kappa shape index (κ3) is 0.959. The zero-order chi connectivity index (χ0) is 7.90. The van der Waals surface area contributed by atoms with Crippen LogP contribution in [0.2, 0.25) is 0 Å². The van der Waals surface area contributed by atoms with Gasteiger partial charge in [0.25, 0.3) is 0 Å². The maximum absolute atomic E-state index is 13.5. The number of rotatable bonds is 1. The van der Waals surface area contributed by atoms with Gasteiger partial charge in [-0.15, -0.1) is 0 Å². The van der Waals surface area contributed by atoms with Crippen LogP contribution in [0.25, 0.3) is 0 Å². The molecule has 0 aromatic carbocycles. The predicted molar refractivity (Wildman–Crippen MR) is 38.7 cm³/mol. The topological polar surface area (TPSA) is 39.2 Å². The molecule has 2 N–H and O–H groups in total. The molecular formula is C8H10FNO. The van der Waals surface area contributed by atoms with Crippen LogP contribution in [-0.4, -0.2) is 6.04 Å². The van der Waals surface area contributed by atoms with Crippen LogP contribution < -0.4 is 5.73 Å². The van der Waals surface area contributed by atoms with E-state index in [1.807, 2.05) is 0 Å². The first-order valence-electron chi connectivity index (χ1n) is 3.69. The highest BCUT2D eigenvalue weighted by Gasteiger charge is 2.46. The van der Waals surface area contributed by atoms with Crippen LogP contribution >= 0.6 is 0 Å². The summed E-state index contributed by atoms with van der Waals surface area (Å²) in [5, 5.41) is 0. The summed E-state index contributed by atoms with van der Waals surface area (Å²) in [6, 6.07) is 3.36. The van der Waals surface area contributed by atoms with Gasteiger partial charge < -0.3 is 10.2 Å². The van der Waals surface area contributed by atoms with Crippen molar-refractivity contribution in [2.45, 2.75) is 24.6 Å². The monoisotopic (exact) mass is 155 g/mol. The second-order valence-corrected chi connectivity index (χ2v) is 3.11. The number of hydrogen-bond acceptors (Lipinski definition) is 2. The molecule has 0 aliphatic heterocycles. The van der Waals surface area contributed by atoms with Crippen molar-refractivity contribution >= 4 is 0 Å². The molecule has 1 saturated carbocycles. The van der Waals surface area contributed by atoms with Gasteiger partial charge in [0.1, 0.15) is 5.76 Å². The van der Waals surface area contributed by atoms with Crippen LogP contribution in [0.3, 0.4) is 0 Å². The molecular weight excluding hydrogens is 145 g/mol. The van der Waals surface area contributed by atoms with Crippen molar-refractivity contribution in [1.29, 1.82) is 0 Å². The summed E-state index contributed by atoms with van der Waals surface area (Å²) in [6.07, 6.45) is 2.27. The molecule has 0 bridgehead atoms. The quantitative estimate of drug-likeness (QED) is 0.668. The van der Waals surface area contributed by atoms with Gasteiger partial charge in [0.2, 0.25) is 0 Å². The molecule has 0 spiro atoms. The molecule has 1 aromatic heterocycles. The second kappa shape index (κ2) is 2.08. The highest BCUT2D eigenvalue weighted by molar-refractivity contribution is 5.15. The third-order valence-corrected chi connectivity index (χ3v) is 2.13. The van der Waals surface area contributed by atoms with Gasteiger partial charge in [-0.2, -0.15) is 0 Å². The highest BCUT2D eigenvalue weighted by Crippen LogP contribution is 2.44. The van der Waals surface area contributed by atoms with Crippen molar-refractivity contribution in [1.82, 2.24) is 0 Å². The maximum atomic E-state index is 13.5. The van der Waals surface area contributed by atoms with Crippen LogP contribution in [0.5, 0.6) is 0 Å². The fraction of sp³-hybridized carbons (Fsp3) is 0.500. The molecule has 0 saturated heterocycles. The summed E-state index contributed by atoms with van der Waals surface area (Å²) >= 11 is 0. The lowest BCUT2D eigenvalue weighted by atomic mass is 9.76. The normalized spacial score (nSPS) is 36.7. The van der Waals surface area contributed by atoms with E-state index in [9.17, 15) is 4.39 Å². The molecule has 1 heterocycles. The number of hydrogen-bond donors (Lipinski definition) is 1. The minimum absolute atomic E-state index is 0.00472.